The van der Waals surface area contributed by atoms with Crippen LogP contribution in [-0.4, -0.2) is 59.8 Å². The van der Waals surface area contributed by atoms with E-state index < -0.39 is 0 Å². The number of morpholine rings is 1. The summed E-state index contributed by atoms with van der Waals surface area (Å²) < 4.78 is 12.5. The zero-order valence-electron chi connectivity index (χ0n) is 27.9. The van der Waals surface area contributed by atoms with Gasteiger partial charge in [0.1, 0.15) is 12.4 Å². The summed E-state index contributed by atoms with van der Waals surface area (Å²) in [4.78, 5) is 5.23. The molecule has 2 heterocycles. The van der Waals surface area contributed by atoms with Gasteiger partial charge in [-0.25, -0.2) is 0 Å². The van der Waals surface area contributed by atoms with Crippen LogP contribution in [0.3, 0.4) is 0 Å². The molecule has 2 aliphatic rings. The highest BCUT2D eigenvalue weighted by atomic mass is 32.2. The van der Waals surface area contributed by atoms with Gasteiger partial charge in [0.25, 0.3) is 0 Å². The molecular formula is C43H46N2O2S. The van der Waals surface area contributed by atoms with E-state index in [0.29, 0.717) is 17.9 Å². The molecule has 7 rings (SSSR count). The van der Waals surface area contributed by atoms with Gasteiger partial charge >= 0.3 is 0 Å². The highest BCUT2D eigenvalue weighted by Crippen LogP contribution is 2.46. The Bertz CT molecular complexity index is 1590. The summed E-state index contributed by atoms with van der Waals surface area (Å²) in [5.74, 6) is 1.91. The smallest absolute Gasteiger partial charge is 0.119 e. The summed E-state index contributed by atoms with van der Waals surface area (Å²) in [6.07, 6.45) is 2.20. The van der Waals surface area contributed by atoms with Crippen LogP contribution in [0.5, 0.6) is 5.75 Å². The van der Waals surface area contributed by atoms with E-state index in [4.69, 9.17) is 9.47 Å². The fraction of sp³-hybridized carbons (Fsp3) is 0.302. The second kappa shape index (κ2) is 15.6. The molecule has 2 saturated heterocycles. The highest BCUT2D eigenvalue weighted by molar-refractivity contribution is 8.00. The predicted octanol–water partition coefficient (Wildman–Crippen LogP) is 8.83. The molecule has 246 valence electrons. The summed E-state index contributed by atoms with van der Waals surface area (Å²) in [6.45, 7) is 6.55. The third-order valence-corrected chi connectivity index (χ3v) is 11.3. The van der Waals surface area contributed by atoms with Crippen molar-refractivity contribution in [1.29, 1.82) is 0 Å². The fourth-order valence-electron chi connectivity index (χ4n) is 7.52. The van der Waals surface area contributed by atoms with E-state index in [2.05, 4.69) is 174 Å². The van der Waals surface area contributed by atoms with E-state index in [1.807, 2.05) is 0 Å². The third kappa shape index (κ3) is 7.11. The Morgan fingerprint density at radius 2 is 1.29 bits per heavy atom. The van der Waals surface area contributed by atoms with E-state index >= 15 is 0 Å². The van der Waals surface area contributed by atoms with Gasteiger partial charge in [0.05, 0.1) is 18.2 Å². The molecule has 0 bridgehead atoms. The van der Waals surface area contributed by atoms with E-state index in [0.717, 1.165) is 50.7 Å². The molecule has 4 nitrogen and oxygen atoms in total. The number of nitrogens with zero attached hydrogens (tertiary/aromatic N) is 2. The Labute approximate surface area is 290 Å². The lowest BCUT2D eigenvalue weighted by atomic mass is 9.75. The minimum atomic E-state index is -0.360. The SMILES string of the molecule is CCC(COc1ccc(CC2CN(C(c3ccccc3)(c3ccccc3)c3ccccc3)CS2)cc1)N1CCOC(c2ccccc2)C1. The minimum absolute atomic E-state index is 0.121. The van der Waals surface area contributed by atoms with Crippen molar-refractivity contribution in [3.63, 3.8) is 0 Å². The molecular weight excluding hydrogens is 609 g/mol. The molecule has 0 aliphatic carbocycles. The first-order valence-electron chi connectivity index (χ1n) is 17.4. The van der Waals surface area contributed by atoms with Crippen molar-refractivity contribution in [2.24, 2.45) is 0 Å². The first kappa shape index (κ1) is 32.7. The molecule has 5 aromatic rings. The average Bonchev–Trinajstić information content (AvgIpc) is 3.63. The Kier molecular flexibility index (Phi) is 10.6. The molecule has 3 unspecified atom stereocenters. The standard InChI is InChI=1S/C43H46N2O2S/c1-2-39(44-27-28-46-42(31-44)35-15-7-3-8-16-35)32-47-40-25-23-34(24-26-40)29-41-30-45(33-48-41)43(36-17-9-4-10-18-36,37-19-11-5-12-20-37)38-21-13-6-14-22-38/h3-26,39,41-42H,2,27-33H2,1H3. The summed E-state index contributed by atoms with van der Waals surface area (Å²) in [5, 5.41) is 0.496. The van der Waals surface area contributed by atoms with Crippen molar-refractivity contribution < 1.29 is 9.47 Å². The zero-order valence-corrected chi connectivity index (χ0v) is 28.7. The van der Waals surface area contributed by atoms with Crippen LogP contribution in [0.4, 0.5) is 0 Å². The van der Waals surface area contributed by atoms with E-state index in [9.17, 15) is 0 Å². The lowest BCUT2D eigenvalue weighted by molar-refractivity contribution is -0.0513. The topological polar surface area (TPSA) is 24.9 Å². The van der Waals surface area contributed by atoms with Gasteiger partial charge in [-0.1, -0.05) is 140 Å². The van der Waals surface area contributed by atoms with Crippen LogP contribution in [0.25, 0.3) is 0 Å². The number of rotatable bonds is 12. The quantitative estimate of drug-likeness (QED) is 0.125. The molecule has 0 N–H and O–H groups in total. The van der Waals surface area contributed by atoms with Gasteiger partial charge in [-0.2, -0.15) is 0 Å². The molecule has 3 atom stereocenters. The van der Waals surface area contributed by atoms with Crippen molar-refractivity contribution in [2.75, 3.05) is 38.7 Å². The van der Waals surface area contributed by atoms with Crippen LogP contribution in [0.2, 0.25) is 0 Å². The molecule has 0 amide bonds. The van der Waals surface area contributed by atoms with Crippen LogP contribution in [-0.2, 0) is 16.7 Å². The third-order valence-electron chi connectivity index (χ3n) is 10.0. The molecule has 5 aromatic carbocycles. The summed E-state index contributed by atoms with van der Waals surface area (Å²) in [7, 11) is 0. The number of hydrogen-bond acceptors (Lipinski definition) is 5. The second-order valence-electron chi connectivity index (χ2n) is 12.9. The van der Waals surface area contributed by atoms with Gasteiger partial charge in [0, 0.05) is 36.8 Å². The molecule has 0 aromatic heterocycles. The summed E-state index contributed by atoms with van der Waals surface area (Å²) in [5.41, 5.74) is 6.18. The van der Waals surface area contributed by atoms with Crippen molar-refractivity contribution in [3.8, 4) is 5.75 Å². The molecule has 0 radical (unpaired) electrons. The molecule has 2 fully saturated rings. The fourth-order valence-corrected chi connectivity index (χ4v) is 8.80. The number of ether oxygens (including phenoxy) is 2. The lowest BCUT2D eigenvalue weighted by Gasteiger charge is -2.43. The van der Waals surface area contributed by atoms with Crippen molar-refractivity contribution >= 4 is 11.8 Å². The first-order chi connectivity index (χ1) is 23.7. The Balaban J connectivity index is 1.02. The molecule has 48 heavy (non-hydrogen) atoms. The van der Waals surface area contributed by atoms with Gasteiger partial charge < -0.3 is 9.47 Å². The van der Waals surface area contributed by atoms with Gasteiger partial charge in [0.2, 0.25) is 0 Å². The average molecular weight is 655 g/mol. The monoisotopic (exact) mass is 654 g/mol. The predicted molar refractivity (Wildman–Crippen MR) is 199 cm³/mol. The maximum Gasteiger partial charge on any atom is 0.119 e. The van der Waals surface area contributed by atoms with Gasteiger partial charge in [-0.05, 0) is 52.8 Å². The molecule has 0 saturated carbocycles. The second-order valence-corrected chi connectivity index (χ2v) is 14.2. The maximum absolute atomic E-state index is 6.39. The Hall–Kier alpha value is -3.87. The van der Waals surface area contributed by atoms with Crippen molar-refractivity contribution in [3.05, 3.63) is 173 Å². The van der Waals surface area contributed by atoms with E-state index in [1.165, 1.54) is 27.8 Å². The Morgan fingerprint density at radius 3 is 1.85 bits per heavy atom. The van der Waals surface area contributed by atoms with Gasteiger partial charge in [-0.15, -0.1) is 11.8 Å². The van der Waals surface area contributed by atoms with E-state index in [-0.39, 0.29) is 11.6 Å². The molecule has 5 heteroatoms. The first-order valence-corrected chi connectivity index (χ1v) is 18.4. The van der Waals surface area contributed by atoms with Crippen LogP contribution < -0.4 is 4.74 Å². The number of benzene rings is 5. The molecule has 0 spiro atoms. The van der Waals surface area contributed by atoms with Crippen molar-refractivity contribution in [2.45, 2.75) is 42.7 Å². The van der Waals surface area contributed by atoms with Crippen molar-refractivity contribution in [1.82, 2.24) is 9.80 Å². The summed E-state index contributed by atoms with van der Waals surface area (Å²) in [6, 6.07) is 52.9. The van der Waals surface area contributed by atoms with Crippen LogP contribution >= 0.6 is 11.8 Å². The summed E-state index contributed by atoms with van der Waals surface area (Å²) >= 11 is 2.07. The largest absolute Gasteiger partial charge is 0.492 e. The molecule has 2 aliphatic heterocycles. The Morgan fingerprint density at radius 1 is 0.729 bits per heavy atom. The van der Waals surface area contributed by atoms with E-state index in [1.54, 1.807) is 0 Å². The zero-order chi connectivity index (χ0) is 32.6. The number of thioether (sulfide) groups is 1. The normalized spacial score (nSPS) is 19.6. The van der Waals surface area contributed by atoms with Gasteiger partial charge in [0.15, 0.2) is 0 Å². The lowest BCUT2D eigenvalue weighted by Crippen LogP contribution is -2.47. The maximum atomic E-state index is 6.39. The highest BCUT2D eigenvalue weighted by Gasteiger charge is 2.45. The van der Waals surface area contributed by atoms with Crippen LogP contribution in [0, 0.1) is 0 Å². The van der Waals surface area contributed by atoms with Crippen LogP contribution in [0.1, 0.15) is 47.3 Å². The number of hydrogen-bond donors (Lipinski definition) is 0. The van der Waals surface area contributed by atoms with Crippen LogP contribution in [0.15, 0.2) is 146 Å². The minimum Gasteiger partial charge on any atom is -0.492 e. The van der Waals surface area contributed by atoms with Gasteiger partial charge in [-0.3, -0.25) is 9.80 Å².